The van der Waals surface area contributed by atoms with Gasteiger partial charge in [-0.15, -0.1) is 0 Å². The van der Waals surface area contributed by atoms with Gasteiger partial charge in [0.25, 0.3) is 5.91 Å². The predicted molar refractivity (Wildman–Crippen MR) is 150 cm³/mol. The van der Waals surface area contributed by atoms with Crippen molar-refractivity contribution in [2.24, 2.45) is 0 Å². The minimum Gasteiger partial charge on any atom is -0.459 e. The van der Waals surface area contributed by atoms with Crippen molar-refractivity contribution in [1.29, 1.82) is 0 Å². The van der Waals surface area contributed by atoms with Gasteiger partial charge in [0.2, 0.25) is 0 Å². The fraction of sp³-hybridized carbons (Fsp3) is 0.250. The number of benzene rings is 3. The molecule has 0 bridgehead atoms. The Hall–Kier alpha value is -4.19. The Bertz CT molecular complexity index is 1490. The zero-order valence-electron chi connectivity index (χ0n) is 22.3. The van der Waals surface area contributed by atoms with E-state index in [9.17, 15) is 14.0 Å². The lowest BCUT2D eigenvalue weighted by atomic mass is 10.0. The lowest BCUT2D eigenvalue weighted by Gasteiger charge is -2.16. The van der Waals surface area contributed by atoms with Crippen LogP contribution in [0.5, 0.6) is 0 Å². The van der Waals surface area contributed by atoms with Crippen LogP contribution in [0.2, 0.25) is 0 Å². The van der Waals surface area contributed by atoms with Crippen LogP contribution in [0, 0.1) is 5.82 Å². The number of hydrogen-bond acceptors (Lipinski definition) is 3. The SMILES string of the molecule is C=Cc1cc(CNC(=O)c2c(C(C)C)n(Cc3ccccc3)c3cc(C(=O)OC(C)C)ccc23)ccc1F. The first-order valence-corrected chi connectivity index (χ1v) is 12.8. The Morgan fingerprint density at radius 1 is 1.00 bits per heavy atom. The maximum Gasteiger partial charge on any atom is 0.338 e. The molecule has 0 saturated carbocycles. The highest BCUT2D eigenvalue weighted by molar-refractivity contribution is 6.10. The number of fused-ring (bicyclic) bond motifs is 1. The number of nitrogens with zero attached hydrogens (tertiary/aromatic N) is 1. The third-order valence-corrected chi connectivity index (χ3v) is 6.37. The zero-order chi connectivity index (χ0) is 27.4. The largest absolute Gasteiger partial charge is 0.459 e. The van der Waals surface area contributed by atoms with Gasteiger partial charge in [0.1, 0.15) is 5.82 Å². The number of nitrogens with one attached hydrogen (secondary N) is 1. The van der Waals surface area contributed by atoms with Gasteiger partial charge >= 0.3 is 5.97 Å². The first kappa shape index (κ1) is 26.9. The molecule has 0 aliphatic rings. The molecule has 1 N–H and O–H groups in total. The number of halogens is 1. The molecule has 0 atom stereocenters. The second kappa shape index (κ2) is 11.5. The van der Waals surface area contributed by atoms with E-state index in [1.807, 2.05) is 56.3 Å². The molecule has 6 heteroatoms. The van der Waals surface area contributed by atoms with Gasteiger partial charge in [0, 0.05) is 29.7 Å². The third-order valence-electron chi connectivity index (χ3n) is 6.37. The third kappa shape index (κ3) is 5.70. The molecule has 0 saturated heterocycles. The van der Waals surface area contributed by atoms with E-state index in [0.717, 1.165) is 27.7 Å². The molecule has 4 rings (SSSR count). The van der Waals surface area contributed by atoms with Crippen molar-refractivity contribution in [2.75, 3.05) is 0 Å². The Labute approximate surface area is 222 Å². The van der Waals surface area contributed by atoms with Crippen LogP contribution in [0.4, 0.5) is 4.39 Å². The standard InChI is InChI=1S/C32H33FN2O3/c1-6-24-16-23(12-15-27(24)33)18-34-31(36)29-26-14-13-25(32(37)38-21(4)5)17-28(26)35(30(29)20(2)3)19-22-10-8-7-9-11-22/h6-17,20-21H,1,18-19H2,2-5H3,(H,34,36). The lowest BCUT2D eigenvalue weighted by molar-refractivity contribution is 0.0378. The number of ether oxygens (including phenoxy) is 1. The molecule has 0 radical (unpaired) electrons. The molecular formula is C32H33FN2O3. The van der Waals surface area contributed by atoms with Crippen molar-refractivity contribution in [1.82, 2.24) is 9.88 Å². The number of amides is 1. The van der Waals surface area contributed by atoms with Crippen LogP contribution in [0.25, 0.3) is 17.0 Å². The van der Waals surface area contributed by atoms with Crippen LogP contribution in [-0.2, 0) is 17.8 Å². The first-order valence-electron chi connectivity index (χ1n) is 12.8. The number of aromatic nitrogens is 1. The van der Waals surface area contributed by atoms with E-state index in [-0.39, 0.29) is 30.3 Å². The molecule has 0 fully saturated rings. The number of carbonyl (C=O) groups excluding carboxylic acids is 2. The Morgan fingerprint density at radius 3 is 2.39 bits per heavy atom. The smallest absolute Gasteiger partial charge is 0.338 e. The number of esters is 1. The van der Waals surface area contributed by atoms with Crippen LogP contribution < -0.4 is 5.32 Å². The normalized spacial score (nSPS) is 11.2. The number of hydrogen-bond donors (Lipinski definition) is 1. The summed E-state index contributed by atoms with van der Waals surface area (Å²) in [6.07, 6.45) is 1.21. The van der Waals surface area contributed by atoms with Crippen molar-refractivity contribution >= 4 is 28.9 Å². The molecular weight excluding hydrogens is 479 g/mol. The van der Waals surface area contributed by atoms with Crippen molar-refractivity contribution in [2.45, 2.75) is 52.8 Å². The summed E-state index contributed by atoms with van der Waals surface area (Å²) in [5.74, 6) is -0.961. The van der Waals surface area contributed by atoms with Crippen molar-refractivity contribution in [3.8, 4) is 0 Å². The van der Waals surface area contributed by atoms with Gasteiger partial charge in [0.05, 0.1) is 22.7 Å². The second-order valence-electron chi connectivity index (χ2n) is 9.92. The molecule has 38 heavy (non-hydrogen) atoms. The molecule has 0 aliphatic carbocycles. The lowest BCUT2D eigenvalue weighted by Crippen LogP contribution is -2.24. The molecule has 0 unspecified atom stereocenters. The average Bonchev–Trinajstić information content (AvgIpc) is 3.22. The summed E-state index contributed by atoms with van der Waals surface area (Å²) in [7, 11) is 0. The summed E-state index contributed by atoms with van der Waals surface area (Å²) in [6, 6.07) is 20.0. The molecule has 1 heterocycles. The molecule has 3 aromatic carbocycles. The molecule has 1 amide bonds. The van der Waals surface area contributed by atoms with Crippen LogP contribution in [0.3, 0.4) is 0 Å². The van der Waals surface area contributed by atoms with Crippen molar-refractivity contribution in [3.05, 3.63) is 113 Å². The maximum atomic E-state index is 13.9. The molecule has 4 aromatic rings. The summed E-state index contributed by atoms with van der Waals surface area (Å²) in [4.78, 5) is 26.4. The molecule has 196 valence electrons. The number of rotatable bonds is 9. The average molecular weight is 513 g/mol. The van der Waals surface area contributed by atoms with E-state index in [4.69, 9.17) is 4.74 Å². The van der Waals surface area contributed by atoms with Crippen LogP contribution in [0.15, 0.2) is 73.3 Å². The summed E-state index contributed by atoms with van der Waals surface area (Å²) < 4.78 is 21.4. The predicted octanol–water partition coefficient (Wildman–Crippen LogP) is 7.09. The quantitative estimate of drug-likeness (QED) is 0.244. The van der Waals surface area contributed by atoms with E-state index in [1.54, 1.807) is 18.2 Å². The Balaban J connectivity index is 1.80. The van der Waals surface area contributed by atoms with E-state index >= 15 is 0 Å². The molecule has 0 aliphatic heterocycles. The van der Waals surface area contributed by atoms with Crippen LogP contribution in [0.1, 0.15) is 76.7 Å². The summed E-state index contributed by atoms with van der Waals surface area (Å²) in [5, 5.41) is 3.77. The summed E-state index contributed by atoms with van der Waals surface area (Å²) in [6.45, 7) is 12.2. The van der Waals surface area contributed by atoms with Crippen LogP contribution >= 0.6 is 0 Å². The summed E-state index contributed by atoms with van der Waals surface area (Å²) in [5.41, 5.74) is 4.91. The van der Waals surface area contributed by atoms with Crippen LogP contribution in [-0.4, -0.2) is 22.5 Å². The highest BCUT2D eigenvalue weighted by atomic mass is 19.1. The fourth-order valence-corrected chi connectivity index (χ4v) is 4.68. The van der Waals surface area contributed by atoms with E-state index in [0.29, 0.717) is 23.2 Å². The van der Waals surface area contributed by atoms with Gasteiger partial charge in [0.15, 0.2) is 0 Å². The van der Waals surface area contributed by atoms with Gasteiger partial charge in [-0.25, -0.2) is 9.18 Å². The van der Waals surface area contributed by atoms with E-state index < -0.39 is 5.97 Å². The Kier molecular flexibility index (Phi) is 8.10. The van der Waals surface area contributed by atoms with Gasteiger partial charge in [-0.3, -0.25) is 4.79 Å². The maximum absolute atomic E-state index is 13.9. The molecule has 5 nitrogen and oxygen atoms in total. The zero-order valence-corrected chi connectivity index (χ0v) is 22.3. The highest BCUT2D eigenvalue weighted by Crippen LogP contribution is 2.33. The minimum atomic E-state index is -0.402. The molecule has 0 spiro atoms. The first-order chi connectivity index (χ1) is 18.2. The second-order valence-corrected chi connectivity index (χ2v) is 9.92. The van der Waals surface area contributed by atoms with Crippen molar-refractivity contribution < 1.29 is 18.7 Å². The Morgan fingerprint density at radius 2 is 1.74 bits per heavy atom. The van der Waals surface area contributed by atoms with Gasteiger partial charge in [-0.2, -0.15) is 0 Å². The van der Waals surface area contributed by atoms with E-state index in [1.165, 1.54) is 12.1 Å². The molecule has 1 aromatic heterocycles. The van der Waals surface area contributed by atoms with Gasteiger partial charge in [-0.1, -0.05) is 69.0 Å². The van der Waals surface area contributed by atoms with Gasteiger partial charge in [-0.05, 0) is 55.2 Å². The van der Waals surface area contributed by atoms with Crippen molar-refractivity contribution in [3.63, 3.8) is 0 Å². The number of carbonyl (C=O) groups is 2. The fourth-order valence-electron chi connectivity index (χ4n) is 4.68. The highest BCUT2D eigenvalue weighted by Gasteiger charge is 2.26. The monoisotopic (exact) mass is 512 g/mol. The topological polar surface area (TPSA) is 60.3 Å². The minimum absolute atomic E-state index is 0.0242. The summed E-state index contributed by atoms with van der Waals surface area (Å²) >= 11 is 0. The van der Waals surface area contributed by atoms with Gasteiger partial charge < -0.3 is 14.6 Å². The van der Waals surface area contributed by atoms with E-state index in [2.05, 4.69) is 30.3 Å².